The zero-order chi connectivity index (χ0) is 17.2. The van der Waals surface area contributed by atoms with Crippen molar-refractivity contribution in [2.75, 3.05) is 6.26 Å². The predicted molar refractivity (Wildman–Crippen MR) is 90.8 cm³/mol. The maximum absolute atomic E-state index is 11.7. The summed E-state index contributed by atoms with van der Waals surface area (Å²) in [5.41, 5.74) is 0. The Hall–Kier alpha value is -1.93. The van der Waals surface area contributed by atoms with Crippen LogP contribution in [0, 0.1) is 0 Å². The average Bonchev–Trinajstić information content (AvgIpc) is 2.99. The molecule has 0 radical (unpaired) electrons. The largest absolute Gasteiger partial charge is 0.316 e. The number of hydrogen-bond acceptors (Lipinski definition) is 6. The third-order valence-electron chi connectivity index (χ3n) is 2.66. The molecule has 2 N–H and O–H groups in total. The summed E-state index contributed by atoms with van der Waals surface area (Å²) in [6.45, 7) is 1.94. The van der Waals surface area contributed by atoms with Crippen LogP contribution >= 0.6 is 23.1 Å². The molecule has 0 aliphatic rings. The molecule has 0 aliphatic heterocycles. The highest BCUT2D eigenvalue weighted by molar-refractivity contribution is 8.02. The zero-order valence-corrected chi connectivity index (χ0v) is 14.5. The molecule has 23 heavy (non-hydrogen) atoms. The van der Waals surface area contributed by atoms with Crippen LogP contribution in [0.4, 0.5) is 0 Å². The summed E-state index contributed by atoms with van der Waals surface area (Å²) >= 11 is 2.78. The molecule has 0 bridgehead atoms. The molecule has 8 heteroatoms. The SMILES string of the molecule is CC/C=C(/CC(=O)NC(=O)C(=O)NC(=O)Cc1cccs1)SC. The number of allylic oxidation sites excluding steroid dienone is 1. The number of imide groups is 2. The molecule has 0 unspecified atom stereocenters. The lowest BCUT2D eigenvalue weighted by molar-refractivity contribution is -0.144. The average molecular weight is 354 g/mol. The first kappa shape index (κ1) is 19.1. The van der Waals surface area contributed by atoms with Gasteiger partial charge in [0.05, 0.1) is 12.8 Å². The Kier molecular flexibility index (Phi) is 8.28. The Labute approximate surface area is 142 Å². The number of amides is 4. The Morgan fingerprint density at radius 3 is 2.35 bits per heavy atom. The summed E-state index contributed by atoms with van der Waals surface area (Å²) in [6.07, 6.45) is 4.51. The molecule has 0 atom stereocenters. The Morgan fingerprint density at radius 1 is 1.17 bits per heavy atom. The van der Waals surface area contributed by atoms with Crippen molar-refractivity contribution in [1.29, 1.82) is 0 Å². The van der Waals surface area contributed by atoms with E-state index in [4.69, 9.17) is 0 Å². The standard InChI is InChI=1S/C15H18N2O4S2/c1-3-5-10(22-2)8-12(18)16-14(20)15(21)17-13(19)9-11-6-4-7-23-11/h4-7H,3,8-9H2,1-2H3,(H,16,18,20)(H,17,19,21)/b10-5-. The van der Waals surface area contributed by atoms with E-state index in [1.807, 2.05) is 35.3 Å². The third-order valence-corrected chi connectivity index (χ3v) is 4.37. The predicted octanol–water partition coefficient (Wildman–Crippen LogP) is 1.62. The fourth-order valence-corrected chi connectivity index (χ4v) is 2.95. The molecule has 1 heterocycles. The van der Waals surface area contributed by atoms with Crippen molar-refractivity contribution in [2.45, 2.75) is 26.2 Å². The molecule has 0 saturated carbocycles. The lowest BCUT2D eigenvalue weighted by Crippen LogP contribution is -2.45. The van der Waals surface area contributed by atoms with Gasteiger partial charge in [0.2, 0.25) is 11.8 Å². The van der Waals surface area contributed by atoms with E-state index in [9.17, 15) is 19.2 Å². The summed E-state index contributed by atoms with van der Waals surface area (Å²) in [5.74, 6) is -3.43. The first-order valence-electron chi connectivity index (χ1n) is 6.89. The molecule has 124 valence electrons. The molecular weight excluding hydrogens is 336 g/mol. The van der Waals surface area contributed by atoms with Crippen LogP contribution in [0.25, 0.3) is 0 Å². The molecular formula is C15H18N2O4S2. The molecule has 0 fully saturated rings. The number of carbonyl (C=O) groups is 4. The van der Waals surface area contributed by atoms with Crippen molar-refractivity contribution in [1.82, 2.24) is 10.6 Å². The van der Waals surface area contributed by atoms with E-state index in [-0.39, 0.29) is 12.8 Å². The number of nitrogens with one attached hydrogen (secondary N) is 2. The first-order valence-corrected chi connectivity index (χ1v) is 9.00. The number of thiophene rings is 1. The van der Waals surface area contributed by atoms with Crippen LogP contribution in [0.15, 0.2) is 28.5 Å². The maximum Gasteiger partial charge on any atom is 0.316 e. The van der Waals surface area contributed by atoms with E-state index >= 15 is 0 Å². The van der Waals surface area contributed by atoms with Crippen molar-refractivity contribution < 1.29 is 19.2 Å². The molecule has 1 aromatic heterocycles. The van der Waals surface area contributed by atoms with E-state index in [1.165, 1.54) is 23.1 Å². The topological polar surface area (TPSA) is 92.3 Å². The van der Waals surface area contributed by atoms with Gasteiger partial charge in [-0.3, -0.25) is 29.8 Å². The van der Waals surface area contributed by atoms with Crippen LogP contribution in [-0.4, -0.2) is 29.9 Å². The highest BCUT2D eigenvalue weighted by atomic mass is 32.2. The zero-order valence-electron chi connectivity index (χ0n) is 12.9. The molecule has 4 amide bonds. The van der Waals surface area contributed by atoms with Gasteiger partial charge in [0.1, 0.15) is 0 Å². The minimum atomic E-state index is -1.13. The lowest BCUT2D eigenvalue weighted by Gasteiger charge is -2.06. The monoisotopic (exact) mass is 354 g/mol. The second-order valence-corrected chi connectivity index (χ2v) is 6.44. The normalized spacial score (nSPS) is 11.0. The summed E-state index contributed by atoms with van der Waals surface area (Å²) < 4.78 is 0. The summed E-state index contributed by atoms with van der Waals surface area (Å²) in [7, 11) is 0. The Balaban J connectivity index is 2.44. The van der Waals surface area contributed by atoms with Gasteiger partial charge in [0.25, 0.3) is 0 Å². The number of carbonyl (C=O) groups excluding carboxylic acids is 4. The second-order valence-electron chi connectivity index (χ2n) is 4.47. The lowest BCUT2D eigenvalue weighted by atomic mass is 10.3. The highest BCUT2D eigenvalue weighted by Crippen LogP contribution is 2.16. The third kappa shape index (κ3) is 7.25. The van der Waals surface area contributed by atoms with Crippen LogP contribution < -0.4 is 10.6 Å². The quantitative estimate of drug-likeness (QED) is 0.758. The molecule has 6 nitrogen and oxygen atoms in total. The minimum Gasteiger partial charge on any atom is -0.288 e. The van der Waals surface area contributed by atoms with E-state index in [0.717, 1.165) is 16.2 Å². The van der Waals surface area contributed by atoms with Gasteiger partial charge in [-0.05, 0) is 29.0 Å². The van der Waals surface area contributed by atoms with Gasteiger partial charge < -0.3 is 0 Å². The van der Waals surface area contributed by atoms with Crippen LogP contribution in [-0.2, 0) is 25.6 Å². The van der Waals surface area contributed by atoms with Crippen molar-refractivity contribution in [3.8, 4) is 0 Å². The van der Waals surface area contributed by atoms with Crippen molar-refractivity contribution >= 4 is 46.7 Å². The smallest absolute Gasteiger partial charge is 0.288 e. The summed E-state index contributed by atoms with van der Waals surface area (Å²) in [6, 6.07) is 3.54. The molecule has 1 rings (SSSR count). The first-order chi connectivity index (χ1) is 11.0. The Bertz CT molecular complexity index is 609. The maximum atomic E-state index is 11.7. The Morgan fingerprint density at radius 2 is 1.83 bits per heavy atom. The molecule has 1 aromatic rings. The van der Waals surface area contributed by atoms with E-state index in [1.54, 1.807) is 12.1 Å². The van der Waals surface area contributed by atoms with Crippen LogP contribution in [0.5, 0.6) is 0 Å². The fourth-order valence-electron chi connectivity index (χ4n) is 1.64. The highest BCUT2D eigenvalue weighted by Gasteiger charge is 2.19. The number of thioether (sulfide) groups is 1. The number of hydrogen-bond donors (Lipinski definition) is 2. The molecule has 0 spiro atoms. The van der Waals surface area contributed by atoms with E-state index in [0.29, 0.717) is 0 Å². The van der Waals surface area contributed by atoms with E-state index < -0.39 is 23.6 Å². The van der Waals surface area contributed by atoms with Crippen molar-refractivity contribution in [3.63, 3.8) is 0 Å². The van der Waals surface area contributed by atoms with Gasteiger partial charge in [-0.1, -0.05) is 19.1 Å². The molecule has 0 saturated heterocycles. The summed E-state index contributed by atoms with van der Waals surface area (Å²) in [5, 5.41) is 5.74. The van der Waals surface area contributed by atoms with E-state index in [2.05, 4.69) is 0 Å². The van der Waals surface area contributed by atoms with Crippen LogP contribution in [0.3, 0.4) is 0 Å². The van der Waals surface area contributed by atoms with Gasteiger partial charge in [0.15, 0.2) is 0 Å². The van der Waals surface area contributed by atoms with Crippen LogP contribution in [0.2, 0.25) is 0 Å². The van der Waals surface area contributed by atoms with Gasteiger partial charge in [-0.25, -0.2) is 0 Å². The molecule has 0 aromatic carbocycles. The van der Waals surface area contributed by atoms with Crippen molar-refractivity contribution in [2.24, 2.45) is 0 Å². The van der Waals surface area contributed by atoms with Gasteiger partial charge in [0, 0.05) is 4.88 Å². The van der Waals surface area contributed by atoms with Crippen LogP contribution in [0.1, 0.15) is 24.6 Å². The van der Waals surface area contributed by atoms with Gasteiger partial charge in [-0.2, -0.15) is 0 Å². The van der Waals surface area contributed by atoms with Crippen molar-refractivity contribution in [3.05, 3.63) is 33.4 Å². The second kappa shape index (κ2) is 9.96. The van der Waals surface area contributed by atoms with Gasteiger partial charge in [-0.15, -0.1) is 23.1 Å². The molecule has 0 aliphatic carbocycles. The number of rotatable bonds is 6. The van der Waals surface area contributed by atoms with Gasteiger partial charge >= 0.3 is 11.8 Å². The minimum absolute atomic E-state index is 0.0144. The summed E-state index contributed by atoms with van der Waals surface area (Å²) in [4.78, 5) is 48.1. The fraction of sp³-hybridized carbons (Fsp3) is 0.333.